The maximum atomic E-state index is 13.2. The Bertz CT molecular complexity index is 791. The number of primary sulfonamides is 1. The van der Waals surface area contributed by atoms with Crippen LogP contribution in [-0.4, -0.2) is 13.3 Å². The number of anilines is 2. The molecule has 110 valence electrons. The third kappa shape index (κ3) is 3.52. The molecule has 0 unspecified atom stereocenters. The van der Waals surface area contributed by atoms with E-state index in [9.17, 15) is 22.9 Å². The minimum atomic E-state index is -3.78. The molecule has 0 aliphatic carbocycles. The summed E-state index contributed by atoms with van der Waals surface area (Å²) in [7, 11) is -3.78. The predicted octanol–water partition coefficient (Wildman–Crippen LogP) is 2.12. The summed E-state index contributed by atoms with van der Waals surface area (Å²) in [4.78, 5) is 9.75. The molecule has 3 N–H and O–H groups in total. The van der Waals surface area contributed by atoms with Crippen LogP contribution >= 0.6 is 0 Å². The molecule has 0 saturated carbocycles. The lowest BCUT2D eigenvalue weighted by Gasteiger charge is -2.07. The highest BCUT2D eigenvalue weighted by Crippen LogP contribution is 2.24. The van der Waals surface area contributed by atoms with E-state index >= 15 is 0 Å². The molecule has 0 saturated heterocycles. The summed E-state index contributed by atoms with van der Waals surface area (Å²) in [5, 5.41) is 18.4. The van der Waals surface area contributed by atoms with Gasteiger partial charge in [-0.3, -0.25) is 10.1 Å². The first-order valence-electron chi connectivity index (χ1n) is 5.61. The number of rotatable bonds is 4. The summed E-state index contributed by atoms with van der Waals surface area (Å²) in [6.45, 7) is 0. The van der Waals surface area contributed by atoms with Crippen molar-refractivity contribution in [3.8, 4) is 0 Å². The molecule has 0 aromatic heterocycles. The van der Waals surface area contributed by atoms with Crippen molar-refractivity contribution < 1.29 is 17.7 Å². The second-order valence-electron chi connectivity index (χ2n) is 4.12. The van der Waals surface area contributed by atoms with E-state index in [0.717, 1.165) is 12.1 Å². The zero-order valence-electron chi connectivity index (χ0n) is 10.5. The molecule has 0 spiro atoms. The Morgan fingerprint density at radius 2 is 1.67 bits per heavy atom. The van der Waals surface area contributed by atoms with Gasteiger partial charge < -0.3 is 5.32 Å². The van der Waals surface area contributed by atoms with Gasteiger partial charge in [0.05, 0.1) is 9.82 Å². The second kappa shape index (κ2) is 5.46. The number of nitro benzene ring substituents is 1. The Kier molecular flexibility index (Phi) is 3.87. The molecule has 2 rings (SSSR count). The van der Waals surface area contributed by atoms with E-state index < -0.39 is 26.5 Å². The molecule has 0 radical (unpaired) electrons. The summed E-state index contributed by atoms with van der Waals surface area (Å²) in [5.74, 6) is -0.935. The van der Waals surface area contributed by atoms with E-state index in [4.69, 9.17) is 5.14 Å². The van der Waals surface area contributed by atoms with Gasteiger partial charge in [0, 0.05) is 17.4 Å². The summed E-state index contributed by atoms with van der Waals surface area (Å²) < 4.78 is 35.4. The highest BCUT2D eigenvalue weighted by atomic mass is 32.2. The maximum Gasteiger partial charge on any atom is 0.306 e. The average Bonchev–Trinajstić information content (AvgIpc) is 2.40. The first-order chi connectivity index (χ1) is 9.77. The topological polar surface area (TPSA) is 115 Å². The number of nitrogens with zero attached hydrogens (tertiary/aromatic N) is 1. The molecule has 2 aromatic carbocycles. The number of nitro groups is 1. The van der Waals surface area contributed by atoms with E-state index in [2.05, 4.69) is 5.32 Å². The highest BCUT2D eigenvalue weighted by Gasteiger charge is 2.14. The van der Waals surface area contributed by atoms with Crippen molar-refractivity contribution >= 4 is 27.1 Å². The van der Waals surface area contributed by atoms with Crippen LogP contribution < -0.4 is 10.5 Å². The molecule has 0 amide bonds. The molecule has 9 heteroatoms. The van der Waals surface area contributed by atoms with Gasteiger partial charge in [-0.05, 0) is 36.4 Å². The van der Waals surface area contributed by atoms with Crippen LogP contribution in [0.4, 0.5) is 21.5 Å². The van der Waals surface area contributed by atoms with Gasteiger partial charge in [-0.25, -0.2) is 13.6 Å². The van der Waals surface area contributed by atoms with Crippen molar-refractivity contribution in [1.82, 2.24) is 0 Å². The van der Waals surface area contributed by atoms with Crippen molar-refractivity contribution in [1.29, 1.82) is 0 Å². The van der Waals surface area contributed by atoms with Gasteiger partial charge in [-0.2, -0.15) is 4.39 Å². The number of hydrogen-bond donors (Lipinski definition) is 2. The number of nitrogens with two attached hydrogens (primary N) is 1. The SMILES string of the molecule is NS(=O)(=O)c1ccc(Nc2ccc(F)c([N+](=O)[O-])c2)cc1. The van der Waals surface area contributed by atoms with Crippen molar-refractivity contribution in [3.63, 3.8) is 0 Å². The van der Waals surface area contributed by atoms with Crippen LogP contribution in [0.25, 0.3) is 0 Å². The first-order valence-corrected chi connectivity index (χ1v) is 7.16. The number of benzene rings is 2. The monoisotopic (exact) mass is 311 g/mol. The number of sulfonamides is 1. The van der Waals surface area contributed by atoms with Crippen LogP contribution in [0.5, 0.6) is 0 Å². The van der Waals surface area contributed by atoms with Gasteiger partial charge in [0.15, 0.2) is 0 Å². The van der Waals surface area contributed by atoms with E-state index in [1.165, 1.54) is 30.3 Å². The largest absolute Gasteiger partial charge is 0.355 e. The molecule has 2 aromatic rings. The minimum absolute atomic E-state index is 0.0573. The molecule has 0 atom stereocenters. The molecule has 0 fully saturated rings. The zero-order valence-corrected chi connectivity index (χ0v) is 11.3. The standard InChI is InChI=1S/C12H10FN3O4S/c13-11-6-3-9(7-12(11)16(17)18)15-8-1-4-10(5-2-8)21(14,19)20/h1-7,15H,(H2,14,19,20). The fourth-order valence-electron chi connectivity index (χ4n) is 1.62. The van der Waals surface area contributed by atoms with E-state index in [1.807, 2.05) is 0 Å². The van der Waals surface area contributed by atoms with Crippen molar-refractivity contribution in [2.45, 2.75) is 4.90 Å². The van der Waals surface area contributed by atoms with Crippen molar-refractivity contribution in [2.24, 2.45) is 5.14 Å². The van der Waals surface area contributed by atoms with Gasteiger partial charge in [0.25, 0.3) is 0 Å². The molecule has 0 aliphatic heterocycles. The van der Waals surface area contributed by atoms with Crippen LogP contribution in [0.15, 0.2) is 47.4 Å². The molecular weight excluding hydrogens is 301 g/mol. The van der Waals surface area contributed by atoms with Gasteiger partial charge in [-0.1, -0.05) is 0 Å². The Morgan fingerprint density at radius 3 is 2.19 bits per heavy atom. The first kappa shape index (κ1) is 14.9. The van der Waals surface area contributed by atoms with Gasteiger partial charge in [0.2, 0.25) is 15.8 Å². The van der Waals surface area contributed by atoms with Gasteiger partial charge in [-0.15, -0.1) is 0 Å². The molecule has 21 heavy (non-hydrogen) atoms. The fraction of sp³-hybridized carbons (Fsp3) is 0. The van der Waals surface area contributed by atoms with Gasteiger partial charge in [0.1, 0.15) is 0 Å². The Morgan fingerprint density at radius 1 is 1.10 bits per heavy atom. The number of halogens is 1. The van der Waals surface area contributed by atoms with Gasteiger partial charge >= 0.3 is 5.69 Å². The van der Waals surface area contributed by atoms with Crippen LogP contribution in [0.2, 0.25) is 0 Å². The number of hydrogen-bond acceptors (Lipinski definition) is 5. The lowest BCUT2D eigenvalue weighted by Crippen LogP contribution is -2.11. The Hall–Kier alpha value is -2.52. The summed E-state index contributed by atoms with van der Waals surface area (Å²) in [5.41, 5.74) is 0.121. The average molecular weight is 311 g/mol. The van der Waals surface area contributed by atoms with Crippen LogP contribution in [0, 0.1) is 15.9 Å². The smallest absolute Gasteiger partial charge is 0.306 e. The van der Waals surface area contributed by atoms with E-state index in [-0.39, 0.29) is 4.90 Å². The third-order valence-electron chi connectivity index (χ3n) is 2.61. The molecule has 7 nitrogen and oxygen atoms in total. The molecule has 0 bridgehead atoms. The third-order valence-corrected chi connectivity index (χ3v) is 3.54. The van der Waals surface area contributed by atoms with Crippen LogP contribution in [0.1, 0.15) is 0 Å². The fourth-order valence-corrected chi connectivity index (χ4v) is 2.14. The zero-order chi connectivity index (χ0) is 15.6. The molecule has 0 heterocycles. The molecular formula is C12H10FN3O4S. The minimum Gasteiger partial charge on any atom is -0.355 e. The summed E-state index contributed by atoms with van der Waals surface area (Å²) >= 11 is 0. The Labute approximate surface area is 119 Å². The highest BCUT2D eigenvalue weighted by molar-refractivity contribution is 7.89. The van der Waals surface area contributed by atoms with E-state index in [1.54, 1.807) is 0 Å². The van der Waals surface area contributed by atoms with E-state index in [0.29, 0.717) is 11.4 Å². The number of nitrogens with one attached hydrogen (secondary N) is 1. The second-order valence-corrected chi connectivity index (χ2v) is 5.68. The normalized spacial score (nSPS) is 11.1. The lowest BCUT2D eigenvalue weighted by molar-refractivity contribution is -0.387. The quantitative estimate of drug-likeness (QED) is 0.663. The van der Waals surface area contributed by atoms with Crippen molar-refractivity contribution in [3.05, 3.63) is 58.4 Å². The summed E-state index contributed by atoms with van der Waals surface area (Å²) in [6, 6.07) is 8.80. The van der Waals surface area contributed by atoms with Crippen LogP contribution in [0.3, 0.4) is 0 Å². The van der Waals surface area contributed by atoms with Crippen molar-refractivity contribution in [2.75, 3.05) is 5.32 Å². The lowest BCUT2D eigenvalue weighted by atomic mass is 10.2. The summed E-state index contributed by atoms with van der Waals surface area (Å²) in [6.07, 6.45) is 0. The molecule has 0 aliphatic rings. The van der Waals surface area contributed by atoms with Crippen LogP contribution in [-0.2, 0) is 10.0 Å². The predicted molar refractivity (Wildman–Crippen MR) is 74.2 cm³/mol. The maximum absolute atomic E-state index is 13.2. The Balaban J connectivity index is 2.26.